The predicted molar refractivity (Wildman–Crippen MR) is 151 cm³/mol. The van der Waals surface area contributed by atoms with Gasteiger partial charge in [0.1, 0.15) is 11.9 Å². The van der Waals surface area contributed by atoms with Gasteiger partial charge in [0.25, 0.3) is 0 Å². The third-order valence-electron chi connectivity index (χ3n) is 8.83. The highest BCUT2D eigenvalue weighted by atomic mass is 16.5. The minimum atomic E-state index is -0.182. The molecule has 0 heterocycles. The van der Waals surface area contributed by atoms with E-state index in [2.05, 4.69) is 13.8 Å². The normalized spacial score (nSPS) is 24.4. The molecule has 0 unspecified atom stereocenters. The van der Waals surface area contributed by atoms with Crippen molar-refractivity contribution in [3.8, 4) is 5.75 Å². The van der Waals surface area contributed by atoms with Crippen LogP contribution in [0.15, 0.2) is 24.3 Å². The molecule has 204 valence electrons. The summed E-state index contributed by atoms with van der Waals surface area (Å²) in [5, 5.41) is 0. The summed E-state index contributed by atoms with van der Waals surface area (Å²) in [6.45, 7) is 5.33. The Kier molecular flexibility index (Phi) is 13.8. The van der Waals surface area contributed by atoms with E-state index in [0.717, 1.165) is 49.4 Å². The lowest BCUT2D eigenvalue weighted by atomic mass is 9.78. The average molecular weight is 499 g/mol. The van der Waals surface area contributed by atoms with Gasteiger partial charge in [0.2, 0.25) is 0 Å². The van der Waals surface area contributed by atoms with Crippen molar-refractivity contribution in [3.63, 3.8) is 0 Å². The number of rotatable bonds is 16. The highest BCUT2D eigenvalue weighted by Crippen LogP contribution is 2.34. The van der Waals surface area contributed by atoms with Crippen LogP contribution in [0.4, 0.5) is 0 Å². The van der Waals surface area contributed by atoms with Crippen molar-refractivity contribution in [1.82, 2.24) is 0 Å². The molecular formula is C33H54O3. The van der Waals surface area contributed by atoms with E-state index >= 15 is 0 Å². The molecule has 0 bridgehead atoms. The summed E-state index contributed by atoms with van der Waals surface area (Å²) >= 11 is 0. The maximum absolute atomic E-state index is 12.6. The lowest BCUT2D eigenvalue weighted by molar-refractivity contribution is 0.0161. The molecule has 2 aliphatic rings. The molecule has 2 aliphatic carbocycles. The van der Waals surface area contributed by atoms with Gasteiger partial charge in [-0.3, -0.25) is 0 Å². The number of esters is 1. The summed E-state index contributed by atoms with van der Waals surface area (Å²) in [5.41, 5.74) is 0.639. The second kappa shape index (κ2) is 17.1. The first-order valence-corrected chi connectivity index (χ1v) is 15.6. The number of carbonyl (C=O) groups excluding carboxylic acids is 1. The van der Waals surface area contributed by atoms with Gasteiger partial charge < -0.3 is 9.47 Å². The zero-order chi connectivity index (χ0) is 25.4. The van der Waals surface area contributed by atoms with E-state index in [4.69, 9.17) is 9.47 Å². The first kappa shape index (κ1) is 29.1. The largest absolute Gasteiger partial charge is 0.494 e. The molecule has 3 rings (SSSR count). The Bertz CT molecular complexity index is 696. The molecule has 0 amide bonds. The molecule has 2 saturated carbocycles. The molecule has 2 fully saturated rings. The topological polar surface area (TPSA) is 35.5 Å². The third kappa shape index (κ3) is 10.9. The Hall–Kier alpha value is -1.51. The van der Waals surface area contributed by atoms with Crippen LogP contribution in [0.25, 0.3) is 0 Å². The zero-order valence-corrected chi connectivity index (χ0v) is 23.5. The van der Waals surface area contributed by atoms with Crippen LogP contribution in [0.3, 0.4) is 0 Å². The molecule has 0 N–H and O–H groups in total. The lowest BCUT2D eigenvalue weighted by Gasteiger charge is -2.28. The highest BCUT2D eigenvalue weighted by Gasteiger charge is 2.24. The van der Waals surface area contributed by atoms with Crippen molar-refractivity contribution in [2.24, 2.45) is 17.8 Å². The number of unbranched alkanes of at least 4 members (excludes halogenated alkanes) is 5. The number of benzene rings is 1. The summed E-state index contributed by atoms with van der Waals surface area (Å²) in [7, 11) is 0. The quantitative estimate of drug-likeness (QED) is 0.168. The van der Waals surface area contributed by atoms with Crippen LogP contribution in [0.1, 0.15) is 146 Å². The molecule has 0 radical (unpaired) electrons. The second-order valence-corrected chi connectivity index (χ2v) is 11.8. The molecule has 1 aromatic carbocycles. The van der Waals surface area contributed by atoms with Crippen LogP contribution in [0.2, 0.25) is 0 Å². The van der Waals surface area contributed by atoms with Gasteiger partial charge in [0.15, 0.2) is 0 Å². The maximum atomic E-state index is 12.6. The van der Waals surface area contributed by atoms with E-state index in [1.165, 1.54) is 103 Å². The smallest absolute Gasteiger partial charge is 0.338 e. The Morgan fingerprint density at radius 2 is 1.17 bits per heavy atom. The van der Waals surface area contributed by atoms with E-state index in [-0.39, 0.29) is 12.1 Å². The van der Waals surface area contributed by atoms with Gasteiger partial charge in [-0.05, 0) is 80.5 Å². The van der Waals surface area contributed by atoms with Crippen LogP contribution in [-0.2, 0) is 4.74 Å². The van der Waals surface area contributed by atoms with E-state index in [0.29, 0.717) is 5.56 Å². The fourth-order valence-corrected chi connectivity index (χ4v) is 6.36. The Morgan fingerprint density at radius 3 is 1.75 bits per heavy atom. The van der Waals surface area contributed by atoms with Gasteiger partial charge in [-0.1, -0.05) is 97.3 Å². The van der Waals surface area contributed by atoms with Crippen molar-refractivity contribution in [2.75, 3.05) is 6.61 Å². The maximum Gasteiger partial charge on any atom is 0.338 e. The summed E-state index contributed by atoms with van der Waals surface area (Å²) in [4.78, 5) is 12.6. The predicted octanol–water partition coefficient (Wildman–Crippen LogP) is 9.92. The lowest BCUT2D eigenvalue weighted by Crippen LogP contribution is -2.24. The number of hydrogen-bond donors (Lipinski definition) is 0. The number of hydrogen-bond acceptors (Lipinski definition) is 3. The summed E-state index contributed by atoms with van der Waals surface area (Å²) in [5.74, 6) is 3.39. The van der Waals surface area contributed by atoms with Gasteiger partial charge in [0.05, 0.1) is 12.2 Å². The Morgan fingerprint density at radius 1 is 0.667 bits per heavy atom. The highest BCUT2D eigenvalue weighted by molar-refractivity contribution is 5.89. The Labute approximate surface area is 222 Å². The third-order valence-corrected chi connectivity index (χ3v) is 8.83. The molecule has 3 nitrogen and oxygen atoms in total. The van der Waals surface area contributed by atoms with Gasteiger partial charge in [0, 0.05) is 0 Å². The molecule has 0 aromatic heterocycles. The summed E-state index contributed by atoms with van der Waals surface area (Å²) < 4.78 is 11.8. The van der Waals surface area contributed by atoms with Crippen LogP contribution < -0.4 is 4.74 Å². The second-order valence-electron chi connectivity index (χ2n) is 11.8. The van der Waals surface area contributed by atoms with Gasteiger partial charge in [-0.2, -0.15) is 0 Å². The minimum Gasteiger partial charge on any atom is -0.494 e. The molecule has 0 spiro atoms. The number of ether oxygens (including phenoxy) is 2. The van der Waals surface area contributed by atoms with Gasteiger partial charge in [-0.25, -0.2) is 4.79 Å². The van der Waals surface area contributed by atoms with Crippen molar-refractivity contribution >= 4 is 5.97 Å². The van der Waals surface area contributed by atoms with Crippen LogP contribution in [-0.4, -0.2) is 18.7 Å². The van der Waals surface area contributed by atoms with Crippen molar-refractivity contribution in [3.05, 3.63) is 29.8 Å². The van der Waals surface area contributed by atoms with E-state index < -0.39 is 0 Å². The summed E-state index contributed by atoms with van der Waals surface area (Å²) in [6, 6.07) is 7.56. The molecule has 3 heteroatoms. The standard InChI is InChI=1S/C33H54O3/c1-3-5-7-9-12-28-18-22-32(23-19-28)36-33(34)30-20-24-31(25-21-30)35-26-10-13-29-16-14-27(15-17-29)11-8-6-4-2/h20-21,24-25,27-29,32H,3-19,22-23,26H2,1-2H3. The van der Waals surface area contributed by atoms with Crippen LogP contribution in [0.5, 0.6) is 5.75 Å². The summed E-state index contributed by atoms with van der Waals surface area (Å²) in [6.07, 6.45) is 25.0. The monoisotopic (exact) mass is 498 g/mol. The van der Waals surface area contributed by atoms with E-state index in [1.54, 1.807) is 0 Å². The molecular weight excluding hydrogens is 444 g/mol. The van der Waals surface area contributed by atoms with Crippen LogP contribution in [0, 0.1) is 17.8 Å². The van der Waals surface area contributed by atoms with Crippen molar-refractivity contribution < 1.29 is 14.3 Å². The molecule has 1 aromatic rings. The zero-order valence-electron chi connectivity index (χ0n) is 23.5. The fourth-order valence-electron chi connectivity index (χ4n) is 6.36. The molecule has 0 saturated heterocycles. The fraction of sp³-hybridized carbons (Fsp3) is 0.788. The number of carbonyl (C=O) groups is 1. The van der Waals surface area contributed by atoms with Crippen LogP contribution >= 0.6 is 0 Å². The van der Waals surface area contributed by atoms with Crippen molar-refractivity contribution in [2.45, 2.75) is 142 Å². The Balaban J connectivity index is 1.25. The molecule has 36 heavy (non-hydrogen) atoms. The minimum absolute atomic E-state index is 0.0896. The molecule has 0 aliphatic heterocycles. The van der Waals surface area contributed by atoms with Crippen molar-refractivity contribution in [1.29, 1.82) is 0 Å². The first-order chi connectivity index (χ1) is 17.7. The van der Waals surface area contributed by atoms with E-state index in [1.807, 2.05) is 24.3 Å². The van der Waals surface area contributed by atoms with Gasteiger partial charge >= 0.3 is 5.97 Å². The first-order valence-electron chi connectivity index (χ1n) is 15.6. The molecule has 0 atom stereocenters. The van der Waals surface area contributed by atoms with E-state index in [9.17, 15) is 4.79 Å². The van der Waals surface area contributed by atoms with Gasteiger partial charge in [-0.15, -0.1) is 0 Å². The SMILES string of the molecule is CCCCCCC1CCC(OC(=O)c2ccc(OCCCC3CCC(CCCCC)CC3)cc2)CC1. The average Bonchev–Trinajstić information content (AvgIpc) is 2.91.